The molecule has 0 bridgehead atoms. The van der Waals surface area contributed by atoms with Crippen LogP contribution in [0.5, 0.6) is 0 Å². The molecule has 1 heterocycles. The van der Waals surface area contributed by atoms with Crippen molar-refractivity contribution in [3.63, 3.8) is 0 Å². The molecule has 1 unspecified atom stereocenters. The molecule has 1 atom stereocenters. The zero-order valence-corrected chi connectivity index (χ0v) is 8.92. The first-order valence-electron chi connectivity index (χ1n) is 4.87. The molecule has 0 saturated carbocycles. The Labute approximate surface area is 83.8 Å². The number of amides is 1. The zero-order valence-electron chi connectivity index (χ0n) is 8.92. The second-order valence-electron chi connectivity index (χ2n) is 4.45. The number of nitrogens with two attached hydrogens (primary N) is 1. The van der Waals surface area contributed by atoms with Crippen molar-refractivity contribution in [3.05, 3.63) is 0 Å². The van der Waals surface area contributed by atoms with Crippen molar-refractivity contribution in [1.82, 2.24) is 0 Å². The second kappa shape index (κ2) is 3.26. The highest BCUT2D eigenvalue weighted by Gasteiger charge is 2.50. The van der Waals surface area contributed by atoms with E-state index in [0.717, 1.165) is 0 Å². The van der Waals surface area contributed by atoms with Gasteiger partial charge in [0.05, 0.1) is 0 Å². The molecular weight excluding hydrogens is 182 g/mol. The summed E-state index contributed by atoms with van der Waals surface area (Å²) in [6.45, 7) is 5.46. The van der Waals surface area contributed by atoms with Gasteiger partial charge >= 0.3 is 5.97 Å². The van der Waals surface area contributed by atoms with Gasteiger partial charge in [-0.3, -0.25) is 9.59 Å². The third-order valence-electron chi connectivity index (χ3n) is 2.99. The first-order valence-corrected chi connectivity index (χ1v) is 4.87. The summed E-state index contributed by atoms with van der Waals surface area (Å²) in [6, 6.07) is 0. The summed E-state index contributed by atoms with van der Waals surface area (Å²) in [5, 5.41) is 0. The zero-order chi connectivity index (χ0) is 11.0. The Morgan fingerprint density at radius 2 is 2.07 bits per heavy atom. The molecule has 0 aromatic rings. The molecule has 0 aromatic heterocycles. The fraction of sp³-hybridized carbons (Fsp3) is 0.800. The molecule has 0 radical (unpaired) electrons. The van der Waals surface area contributed by atoms with Crippen LogP contribution < -0.4 is 5.73 Å². The third-order valence-corrected chi connectivity index (χ3v) is 2.99. The molecule has 4 heteroatoms. The van der Waals surface area contributed by atoms with Gasteiger partial charge in [-0.25, -0.2) is 0 Å². The summed E-state index contributed by atoms with van der Waals surface area (Å²) in [5.41, 5.74) is 3.70. The number of hydrogen-bond donors (Lipinski definition) is 1. The lowest BCUT2D eigenvalue weighted by Gasteiger charge is -2.39. The SMILES string of the molecule is CCC1(C(N)=O)CCC(C)(C)OC1=O. The molecule has 0 aromatic carbocycles. The topological polar surface area (TPSA) is 69.4 Å². The largest absolute Gasteiger partial charge is 0.459 e. The van der Waals surface area contributed by atoms with Crippen LogP contribution in [0.4, 0.5) is 0 Å². The van der Waals surface area contributed by atoms with Crippen LogP contribution >= 0.6 is 0 Å². The van der Waals surface area contributed by atoms with Crippen LogP contribution in [0, 0.1) is 5.41 Å². The average molecular weight is 199 g/mol. The lowest BCUT2D eigenvalue weighted by atomic mass is 9.75. The summed E-state index contributed by atoms with van der Waals surface area (Å²) < 4.78 is 5.20. The molecule has 1 aliphatic heterocycles. The molecular formula is C10H17NO3. The van der Waals surface area contributed by atoms with Crippen LogP contribution in [0.25, 0.3) is 0 Å². The van der Waals surface area contributed by atoms with Crippen LogP contribution in [0.3, 0.4) is 0 Å². The summed E-state index contributed by atoms with van der Waals surface area (Å²) >= 11 is 0. The molecule has 1 aliphatic rings. The van der Waals surface area contributed by atoms with Crippen molar-refractivity contribution in [2.45, 2.75) is 45.6 Å². The summed E-state index contributed by atoms with van der Waals surface area (Å²) in [7, 11) is 0. The van der Waals surface area contributed by atoms with Gasteiger partial charge in [0.25, 0.3) is 0 Å². The van der Waals surface area contributed by atoms with Crippen molar-refractivity contribution >= 4 is 11.9 Å². The van der Waals surface area contributed by atoms with Gasteiger partial charge < -0.3 is 10.5 Å². The fourth-order valence-corrected chi connectivity index (χ4v) is 1.74. The Bertz CT molecular complexity index is 273. The van der Waals surface area contributed by atoms with Crippen molar-refractivity contribution in [1.29, 1.82) is 0 Å². The smallest absolute Gasteiger partial charge is 0.322 e. The van der Waals surface area contributed by atoms with E-state index in [1.807, 2.05) is 13.8 Å². The first kappa shape index (κ1) is 11.0. The molecule has 2 N–H and O–H groups in total. The van der Waals surface area contributed by atoms with Crippen molar-refractivity contribution in [2.24, 2.45) is 11.1 Å². The van der Waals surface area contributed by atoms with E-state index in [1.165, 1.54) is 0 Å². The summed E-state index contributed by atoms with van der Waals surface area (Å²) in [4.78, 5) is 22.9. The molecule has 4 nitrogen and oxygen atoms in total. The number of ether oxygens (including phenoxy) is 1. The van der Waals surface area contributed by atoms with E-state index >= 15 is 0 Å². The van der Waals surface area contributed by atoms with E-state index in [4.69, 9.17) is 10.5 Å². The number of rotatable bonds is 2. The Morgan fingerprint density at radius 3 is 2.43 bits per heavy atom. The first-order chi connectivity index (χ1) is 6.34. The van der Waals surface area contributed by atoms with Crippen molar-refractivity contribution in [3.8, 4) is 0 Å². The molecule has 1 amide bonds. The second-order valence-corrected chi connectivity index (χ2v) is 4.45. The molecule has 1 fully saturated rings. The molecule has 0 aliphatic carbocycles. The van der Waals surface area contributed by atoms with Crippen molar-refractivity contribution in [2.75, 3.05) is 0 Å². The van der Waals surface area contributed by atoms with Gasteiger partial charge in [-0.2, -0.15) is 0 Å². The average Bonchev–Trinajstić information content (AvgIpc) is 2.03. The van der Waals surface area contributed by atoms with Crippen LogP contribution in [-0.2, 0) is 14.3 Å². The number of esters is 1. The highest BCUT2D eigenvalue weighted by molar-refractivity contribution is 6.02. The lowest BCUT2D eigenvalue weighted by molar-refractivity contribution is -0.183. The Kier molecular flexibility index (Phi) is 2.56. The number of carbonyl (C=O) groups excluding carboxylic acids is 2. The van der Waals surface area contributed by atoms with Gasteiger partial charge in [0, 0.05) is 0 Å². The summed E-state index contributed by atoms with van der Waals surface area (Å²) in [5.74, 6) is -1.04. The predicted molar refractivity (Wildman–Crippen MR) is 51.3 cm³/mol. The van der Waals surface area contributed by atoms with Gasteiger partial charge in [0.2, 0.25) is 5.91 Å². The Hall–Kier alpha value is -1.06. The van der Waals surface area contributed by atoms with Gasteiger partial charge in [-0.05, 0) is 33.1 Å². The predicted octanol–water partition coefficient (Wildman–Crippen LogP) is 0.984. The van der Waals surface area contributed by atoms with Crippen LogP contribution in [0.1, 0.15) is 40.0 Å². The van der Waals surface area contributed by atoms with E-state index in [1.54, 1.807) is 6.92 Å². The minimum absolute atomic E-state index is 0.414. The van der Waals surface area contributed by atoms with E-state index < -0.39 is 22.9 Å². The molecule has 1 saturated heterocycles. The highest BCUT2D eigenvalue weighted by atomic mass is 16.6. The molecule has 80 valence electrons. The summed E-state index contributed by atoms with van der Waals surface area (Å²) in [6.07, 6.45) is 1.58. The van der Waals surface area contributed by atoms with Gasteiger partial charge in [-0.15, -0.1) is 0 Å². The van der Waals surface area contributed by atoms with E-state index in [2.05, 4.69) is 0 Å². The number of cyclic esters (lactones) is 1. The van der Waals surface area contributed by atoms with Crippen LogP contribution in [0.15, 0.2) is 0 Å². The maximum absolute atomic E-state index is 11.7. The third kappa shape index (κ3) is 1.61. The molecule has 14 heavy (non-hydrogen) atoms. The van der Waals surface area contributed by atoms with Gasteiger partial charge in [0.15, 0.2) is 0 Å². The van der Waals surface area contributed by atoms with Crippen LogP contribution in [-0.4, -0.2) is 17.5 Å². The molecule has 1 rings (SSSR count). The number of carbonyl (C=O) groups is 2. The quantitative estimate of drug-likeness (QED) is 0.532. The fourth-order valence-electron chi connectivity index (χ4n) is 1.74. The Morgan fingerprint density at radius 1 is 1.50 bits per heavy atom. The van der Waals surface area contributed by atoms with Crippen LogP contribution in [0.2, 0.25) is 0 Å². The number of primary amides is 1. The van der Waals surface area contributed by atoms with Gasteiger partial charge in [-0.1, -0.05) is 6.92 Å². The Balaban J connectivity index is 2.93. The normalized spacial score (nSPS) is 30.9. The maximum Gasteiger partial charge on any atom is 0.322 e. The number of hydrogen-bond acceptors (Lipinski definition) is 3. The monoisotopic (exact) mass is 199 g/mol. The minimum atomic E-state index is -1.09. The van der Waals surface area contributed by atoms with E-state index in [-0.39, 0.29) is 0 Å². The minimum Gasteiger partial charge on any atom is -0.459 e. The highest BCUT2D eigenvalue weighted by Crippen LogP contribution is 2.39. The van der Waals surface area contributed by atoms with Gasteiger partial charge in [0.1, 0.15) is 11.0 Å². The van der Waals surface area contributed by atoms with E-state index in [0.29, 0.717) is 19.3 Å². The lowest BCUT2D eigenvalue weighted by Crippen LogP contribution is -2.51. The standard InChI is InChI=1S/C10H17NO3/c1-4-10(7(11)12)6-5-9(2,3)14-8(10)13/h4-6H2,1-3H3,(H2,11,12). The van der Waals surface area contributed by atoms with E-state index in [9.17, 15) is 9.59 Å². The molecule has 0 spiro atoms. The van der Waals surface area contributed by atoms with Crippen molar-refractivity contribution < 1.29 is 14.3 Å². The maximum atomic E-state index is 11.7.